The fraction of sp³-hybridized carbons (Fsp3) is 0.143. The average Bonchev–Trinajstić information content (AvgIpc) is 2.47. The van der Waals surface area contributed by atoms with Gasteiger partial charge in [0.05, 0.1) is 11.1 Å². The summed E-state index contributed by atoms with van der Waals surface area (Å²) < 4.78 is 1.91. The Morgan fingerprint density at radius 3 is 2.77 bits per heavy atom. The zero-order valence-corrected chi connectivity index (χ0v) is 12.9. The lowest BCUT2D eigenvalue weighted by Gasteiger charge is -2.07. The van der Waals surface area contributed by atoms with E-state index < -0.39 is 16.4 Å². The van der Waals surface area contributed by atoms with Gasteiger partial charge in [0.15, 0.2) is 0 Å². The highest BCUT2D eigenvalue weighted by Gasteiger charge is 2.10. The van der Waals surface area contributed by atoms with Gasteiger partial charge in [-0.3, -0.25) is 24.3 Å². The zero-order chi connectivity index (χ0) is 16.1. The van der Waals surface area contributed by atoms with E-state index in [4.69, 9.17) is 0 Å². The molecule has 8 heteroatoms. The van der Waals surface area contributed by atoms with Crippen LogP contribution in [-0.2, 0) is 17.9 Å². The van der Waals surface area contributed by atoms with Gasteiger partial charge in [0.1, 0.15) is 6.54 Å². The number of carbonyl (C=O) groups is 1. The molecule has 0 saturated heterocycles. The van der Waals surface area contributed by atoms with E-state index in [2.05, 4.69) is 21.2 Å². The van der Waals surface area contributed by atoms with Gasteiger partial charge < -0.3 is 5.32 Å². The van der Waals surface area contributed by atoms with Crippen molar-refractivity contribution < 1.29 is 9.72 Å². The Morgan fingerprint density at radius 2 is 2.09 bits per heavy atom. The molecule has 0 unspecified atom stereocenters. The monoisotopic (exact) mass is 365 g/mol. The third kappa shape index (κ3) is 4.26. The van der Waals surface area contributed by atoms with Crippen LogP contribution in [0.4, 0.5) is 5.69 Å². The van der Waals surface area contributed by atoms with Crippen molar-refractivity contribution >= 4 is 27.5 Å². The first-order chi connectivity index (χ1) is 10.5. The summed E-state index contributed by atoms with van der Waals surface area (Å²) in [7, 11) is 0. The van der Waals surface area contributed by atoms with Crippen molar-refractivity contribution in [3.8, 4) is 0 Å². The number of nitro groups is 1. The summed E-state index contributed by atoms with van der Waals surface area (Å²) in [6.45, 7) is 0.0382. The summed E-state index contributed by atoms with van der Waals surface area (Å²) in [5.74, 6) is -0.400. The van der Waals surface area contributed by atoms with Crippen LogP contribution in [0.5, 0.6) is 0 Å². The van der Waals surface area contributed by atoms with Crippen LogP contribution in [0.3, 0.4) is 0 Å². The summed E-state index contributed by atoms with van der Waals surface area (Å²) in [6.07, 6.45) is 1.06. The number of aromatic nitrogens is 1. The highest BCUT2D eigenvalue weighted by atomic mass is 79.9. The molecule has 0 saturated carbocycles. The lowest BCUT2D eigenvalue weighted by Crippen LogP contribution is -2.31. The molecule has 0 aliphatic carbocycles. The lowest BCUT2D eigenvalue weighted by atomic mass is 10.2. The van der Waals surface area contributed by atoms with E-state index >= 15 is 0 Å². The molecular formula is C14H12BrN3O4. The molecule has 22 heavy (non-hydrogen) atoms. The first-order valence-corrected chi connectivity index (χ1v) is 7.11. The topological polar surface area (TPSA) is 94.2 Å². The standard InChI is InChI=1S/C14H12BrN3O4/c15-11-3-1-2-10(6-11)7-16-13(19)9-17-8-12(18(21)22)4-5-14(17)20/h1-6,8H,7,9H2,(H,16,19). The van der Waals surface area contributed by atoms with Crippen LogP contribution in [0.1, 0.15) is 5.56 Å². The van der Waals surface area contributed by atoms with Gasteiger partial charge in [0, 0.05) is 23.2 Å². The summed E-state index contributed by atoms with van der Waals surface area (Å²) in [5, 5.41) is 13.3. The van der Waals surface area contributed by atoms with Crippen LogP contribution in [0.25, 0.3) is 0 Å². The normalized spacial score (nSPS) is 10.2. The smallest absolute Gasteiger partial charge is 0.285 e. The van der Waals surface area contributed by atoms with Crippen molar-refractivity contribution in [2.45, 2.75) is 13.1 Å². The predicted octanol–water partition coefficient (Wildman–Crippen LogP) is 1.84. The third-order valence-corrected chi connectivity index (χ3v) is 3.36. The zero-order valence-electron chi connectivity index (χ0n) is 11.4. The van der Waals surface area contributed by atoms with Gasteiger partial charge in [-0.25, -0.2) is 0 Å². The Balaban J connectivity index is 2.01. The molecule has 0 atom stereocenters. The largest absolute Gasteiger partial charge is 0.350 e. The number of benzene rings is 1. The highest BCUT2D eigenvalue weighted by Crippen LogP contribution is 2.11. The van der Waals surface area contributed by atoms with E-state index in [1.54, 1.807) is 0 Å². The van der Waals surface area contributed by atoms with Crippen LogP contribution in [0.2, 0.25) is 0 Å². The van der Waals surface area contributed by atoms with E-state index in [-0.39, 0.29) is 12.2 Å². The minimum absolute atomic E-state index is 0.237. The van der Waals surface area contributed by atoms with Crippen LogP contribution < -0.4 is 10.9 Å². The number of halogens is 1. The Hall–Kier alpha value is -2.48. The van der Waals surface area contributed by atoms with Crippen LogP contribution >= 0.6 is 15.9 Å². The van der Waals surface area contributed by atoms with Gasteiger partial charge in [-0.1, -0.05) is 28.1 Å². The fourth-order valence-electron chi connectivity index (χ4n) is 1.81. The van der Waals surface area contributed by atoms with Gasteiger partial charge in [0.2, 0.25) is 5.91 Å². The summed E-state index contributed by atoms with van der Waals surface area (Å²) in [4.78, 5) is 33.5. The summed E-state index contributed by atoms with van der Waals surface area (Å²) in [5.41, 5.74) is 0.191. The number of nitrogens with zero attached hydrogens (tertiary/aromatic N) is 2. The maximum absolute atomic E-state index is 11.9. The van der Waals surface area contributed by atoms with Gasteiger partial charge in [-0.05, 0) is 17.7 Å². The quantitative estimate of drug-likeness (QED) is 0.645. The molecule has 1 aromatic heterocycles. The number of carbonyl (C=O) groups excluding carboxylic acids is 1. The maximum Gasteiger partial charge on any atom is 0.285 e. The Morgan fingerprint density at radius 1 is 1.32 bits per heavy atom. The summed E-state index contributed by atoms with van der Waals surface area (Å²) in [6, 6.07) is 9.60. The molecular weight excluding hydrogens is 354 g/mol. The van der Waals surface area contributed by atoms with Crippen LogP contribution in [0.15, 0.2) is 51.9 Å². The molecule has 0 spiro atoms. The van der Waals surface area contributed by atoms with E-state index in [0.29, 0.717) is 6.54 Å². The molecule has 1 amide bonds. The molecule has 0 aliphatic rings. The van der Waals surface area contributed by atoms with Gasteiger partial charge in [-0.2, -0.15) is 0 Å². The molecule has 2 rings (SSSR count). The second kappa shape index (κ2) is 6.99. The number of hydrogen-bond donors (Lipinski definition) is 1. The Kier molecular flexibility index (Phi) is 5.05. The highest BCUT2D eigenvalue weighted by molar-refractivity contribution is 9.10. The van der Waals surface area contributed by atoms with Crippen molar-refractivity contribution in [1.82, 2.24) is 9.88 Å². The van der Waals surface area contributed by atoms with Crippen LogP contribution in [-0.4, -0.2) is 15.4 Å². The molecule has 114 valence electrons. The second-order valence-electron chi connectivity index (χ2n) is 4.52. The molecule has 1 N–H and O–H groups in total. The first kappa shape index (κ1) is 15.9. The van der Waals surface area contributed by atoms with Gasteiger partial charge >= 0.3 is 0 Å². The minimum atomic E-state index is -0.616. The van der Waals surface area contributed by atoms with Crippen molar-refractivity contribution in [2.75, 3.05) is 0 Å². The van der Waals surface area contributed by atoms with Crippen molar-refractivity contribution in [1.29, 1.82) is 0 Å². The van der Waals surface area contributed by atoms with Crippen molar-refractivity contribution in [2.24, 2.45) is 0 Å². The summed E-state index contributed by atoms with van der Waals surface area (Å²) >= 11 is 3.33. The van der Waals surface area contributed by atoms with Gasteiger partial charge in [-0.15, -0.1) is 0 Å². The van der Waals surface area contributed by atoms with E-state index in [0.717, 1.165) is 32.9 Å². The number of hydrogen-bond acceptors (Lipinski definition) is 4. The van der Waals surface area contributed by atoms with Gasteiger partial charge in [0.25, 0.3) is 11.2 Å². The number of rotatable bonds is 5. The fourth-order valence-corrected chi connectivity index (χ4v) is 2.26. The minimum Gasteiger partial charge on any atom is -0.350 e. The SMILES string of the molecule is O=C(Cn1cc([N+](=O)[O-])ccc1=O)NCc1cccc(Br)c1. The molecule has 0 bridgehead atoms. The van der Waals surface area contributed by atoms with E-state index in [9.17, 15) is 19.7 Å². The first-order valence-electron chi connectivity index (χ1n) is 6.32. The number of pyridine rings is 1. The second-order valence-corrected chi connectivity index (χ2v) is 5.43. The number of nitrogens with one attached hydrogen (secondary N) is 1. The van der Waals surface area contributed by atoms with E-state index in [1.165, 1.54) is 0 Å². The van der Waals surface area contributed by atoms with Crippen molar-refractivity contribution in [3.63, 3.8) is 0 Å². The molecule has 1 heterocycles. The molecule has 7 nitrogen and oxygen atoms in total. The maximum atomic E-state index is 11.9. The number of amides is 1. The third-order valence-electron chi connectivity index (χ3n) is 2.87. The van der Waals surface area contributed by atoms with Crippen LogP contribution in [0, 0.1) is 10.1 Å². The molecule has 0 aliphatic heterocycles. The molecule has 0 fully saturated rings. The molecule has 2 aromatic rings. The van der Waals surface area contributed by atoms with Crippen molar-refractivity contribution in [3.05, 3.63) is 73.1 Å². The predicted molar refractivity (Wildman–Crippen MR) is 83.3 cm³/mol. The Bertz CT molecular complexity index is 773. The molecule has 0 radical (unpaired) electrons. The van der Waals surface area contributed by atoms with E-state index in [1.807, 2.05) is 24.3 Å². The lowest BCUT2D eigenvalue weighted by molar-refractivity contribution is -0.385. The Labute approximate surface area is 133 Å². The average molecular weight is 366 g/mol. The molecule has 1 aromatic carbocycles.